The molecule has 1 atom stereocenters. The quantitative estimate of drug-likeness (QED) is 0.802. The number of hydrogen-bond donors (Lipinski definition) is 0. The predicted molar refractivity (Wildman–Crippen MR) is 73.7 cm³/mol. The highest BCUT2D eigenvalue weighted by atomic mass is 19.4. The van der Waals surface area contributed by atoms with Crippen LogP contribution < -0.4 is 9.47 Å². The first-order valence-electron chi connectivity index (χ1n) is 6.71. The number of hydrogen-bond acceptors (Lipinski definition) is 3. The van der Waals surface area contributed by atoms with Crippen molar-refractivity contribution in [2.75, 3.05) is 13.2 Å². The van der Waals surface area contributed by atoms with Gasteiger partial charge < -0.3 is 14.4 Å². The minimum Gasteiger partial charge on any atom is -0.486 e. The highest BCUT2D eigenvalue weighted by Crippen LogP contribution is 2.32. The number of ether oxygens (including phenoxy) is 2. The Kier molecular flexibility index (Phi) is 4.63. The third-order valence-electron chi connectivity index (χ3n) is 3.36. The molecule has 7 heteroatoms. The van der Waals surface area contributed by atoms with Gasteiger partial charge in [0.2, 0.25) is 5.91 Å². The average molecular weight is 315 g/mol. The lowest BCUT2D eigenvalue weighted by Crippen LogP contribution is -2.45. The number of amides is 1. The highest BCUT2D eigenvalue weighted by Gasteiger charge is 2.41. The van der Waals surface area contributed by atoms with Gasteiger partial charge >= 0.3 is 6.18 Å². The first-order valence-corrected chi connectivity index (χ1v) is 6.71. The normalized spacial score (nSPS) is 15.1. The molecule has 0 saturated carbocycles. The van der Waals surface area contributed by atoms with Crippen molar-refractivity contribution >= 4 is 5.91 Å². The van der Waals surface area contributed by atoms with Crippen LogP contribution in [0.5, 0.6) is 11.5 Å². The summed E-state index contributed by atoms with van der Waals surface area (Å²) in [6, 6.07) is 2.91. The molecule has 0 aromatic heterocycles. The van der Waals surface area contributed by atoms with Crippen molar-refractivity contribution in [2.24, 2.45) is 0 Å². The minimum atomic E-state index is -4.51. The number of halogens is 3. The molecule has 1 aliphatic rings. The molecule has 1 heterocycles. The summed E-state index contributed by atoms with van der Waals surface area (Å²) in [4.78, 5) is 12.5. The van der Waals surface area contributed by atoms with E-state index in [-0.39, 0.29) is 6.54 Å². The SMILES string of the molecule is C=CC(=O)N(Cc1ccc2c(c1)OCCO2)[C@H](C)C(F)(F)F. The van der Waals surface area contributed by atoms with Crippen LogP contribution in [0.2, 0.25) is 0 Å². The summed E-state index contributed by atoms with van der Waals surface area (Å²) in [5.74, 6) is 0.231. The molecule has 22 heavy (non-hydrogen) atoms. The zero-order valence-electron chi connectivity index (χ0n) is 12.0. The lowest BCUT2D eigenvalue weighted by Gasteiger charge is -2.30. The van der Waals surface area contributed by atoms with Crippen LogP contribution >= 0.6 is 0 Å². The lowest BCUT2D eigenvalue weighted by molar-refractivity contribution is -0.185. The number of carbonyl (C=O) groups excluding carboxylic acids is 1. The summed E-state index contributed by atoms with van der Waals surface area (Å²) in [5.41, 5.74) is 0.524. The van der Waals surface area contributed by atoms with E-state index in [9.17, 15) is 18.0 Å². The molecule has 0 saturated heterocycles. The highest BCUT2D eigenvalue weighted by molar-refractivity contribution is 5.87. The fraction of sp³-hybridized carbons (Fsp3) is 0.400. The largest absolute Gasteiger partial charge is 0.486 e. The molecule has 2 rings (SSSR count). The molecule has 0 aliphatic carbocycles. The number of alkyl halides is 3. The topological polar surface area (TPSA) is 38.8 Å². The van der Waals surface area contributed by atoms with Crippen LogP contribution in [0.1, 0.15) is 12.5 Å². The van der Waals surface area contributed by atoms with E-state index in [0.717, 1.165) is 17.9 Å². The van der Waals surface area contributed by atoms with Crippen LogP contribution in [-0.4, -0.2) is 36.2 Å². The minimum absolute atomic E-state index is 0.192. The third kappa shape index (κ3) is 3.52. The van der Waals surface area contributed by atoms with E-state index in [1.54, 1.807) is 18.2 Å². The Balaban J connectivity index is 2.23. The third-order valence-corrected chi connectivity index (χ3v) is 3.36. The van der Waals surface area contributed by atoms with Gasteiger partial charge in [-0.05, 0) is 30.7 Å². The maximum atomic E-state index is 12.9. The molecule has 0 N–H and O–H groups in total. The number of nitrogens with zero attached hydrogens (tertiary/aromatic N) is 1. The van der Waals surface area contributed by atoms with E-state index in [0.29, 0.717) is 30.3 Å². The van der Waals surface area contributed by atoms with Crippen molar-refractivity contribution in [2.45, 2.75) is 25.7 Å². The smallest absolute Gasteiger partial charge is 0.408 e. The maximum Gasteiger partial charge on any atom is 0.408 e. The molecular weight excluding hydrogens is 299 g/mol. The number of rotatable bonds is 4. The van der Waals surface area contributed by atoms with E-state index in [4.69, 9.17) is 9.47 Å². The van der Waals surface area contributed by atoms with Crippen molar-refractivity contribution in [1.29, 1.82) is 0 Å². The van der Waals surface area contributed by atoms with E-state index in [2.05, 4.69) is 6.58 Å². The Labute approximate surface area is 126 Å². The Morgan fingerprint density at radius 1 is 1.36 bits per heavy atom. The van der Waals surface area contributed by atoms with E-state index in [1.165, 1.54) is 0 Å². The molecule has 120 valence electrons. The molecule has 0 radical (unpaired) electrons. The van der Waals surface area contributed by atoms with Crippen LogP contribution in [0.4, 0.5) is 13.2 Å². The van der Waals surface area contributed by atoms with Crippen molar-refractivity contribution in [3.8, 4) is 11.5 Å². The molecule has 1 aromatic rings. The lowest BCUT2D eigenvalue weighted by atomic mass is 10.1. The molecule has 1 aliphatic heterocycles. The van der Waals surface area contributed by atoms with Crippen molar-refractivity contribution < 1.29 is 27.4 Å². The Bertz CT molecular complexity index is 572. The van der Waals surface area contributed by atoms with Gasteiger partial charge in [0.25, 0.3) is 0 Å². The van der Waals surface area contributed by atoms with Gasteiger partial charge in [0.1, 0.15) is 19.3 Å². The van der Waals surface area contributed by atoms with Crippen molar-refractivity contribution in [3.05, 3.63) is 36.4 Å². The summed E-state index contributed by atoms with van der Waals surface area (Å²) in [6.07, 6.45) is -3.63. The molecule has 0 spiro atoms. The van der Waals surface area contributed by atoms with Crippen LogP contribution in [0, 0.1) is 0 Å². The summed E-state index contributed by atoms with van der Waals surface area (Å²) in [6.45, 7) is 4.81. The first-order chi connectivity index (χ1) is 10.3. The summed E-state index contributed by atoms with van der Waals surface area (Å²) >= 11 is 0. The van der Waals surface area contributed by atoms with Crippen LogP contribution in [0.3, 0.4) is 0 Å². The number of fused-ring (bicyclic) bond motifs is 1. The summed E-state index contributed by atoms with van der Waals surface area (Å²) in [5, 5.41) is 0. The zero-order valence-corrected chi connectivity index (χ0v) is 12.0. The maximum absolute atomic E-state index is 12.9. The second kappa shape index (κ2) is 6.29. The molecule has 1 amide bonds. The van der Waals surface area contributed by atoms with Gasteiger partial charge in [0.05, 0.1) is 0 Å². The first kappa shape index (κ1) is 16.2. The van der Waals surface area contributed by atoms with Gasteiger partial charge in [-0.3, -0.25) is 4.79 Å². The Hall–Kier alpha value is -2.18. The molecule has 0 fully saturated rings. The van der Waals surface area contributed by atoms with Gasteiger partial charge in [-0.2, -0.15) is 13.2 Å². The summed E-state index contributed by atoms with van der Waals surface area (Å²) in [7, 11) is 0. The van der Waals surface area contributed by atoms with Gasteiger partial charge in [-0.1, -0.05) is 12.6 Å². The van der Waals surface area contributed by atoms with Crippen molar-refractivity contribution in [3.63, 3.8) is 0 Å². The Morgan fingerprint density at radius 2 is 2.00 bits per heavy atom. The van der Waals surface area contributed by atoms with E-state index < -0.39 is 18.1 Å². The van der Waals surface area contributed by atoms with Crippen LogP contribution in [0.25, 0.3) is 0 Å². The van der Waals surface area contributed by atoms with Crippen molar-refractivity contribution in [1.82, 2.24) is 4.90 Å². The monoisotopic (exact) mass is 315 g/mol. The van der Waals surface area contributed by atoms with E-state index >= 15 is 0 Å². The molecule has 1 aromatic carbocycles. The standard InChI is InChI=1S/C15H16F3NO3/c1-3-14(20)19(10(2)15(16,17)18)9-11-4-5-12-13(8-11)22-7-6-21-12/h3-5,8,10H,1,6-7,9H2,2H3/t10-/m1/s1. The molecule has 0 bridgehead atoms. The predicted octanol–water partition coefficient (Wildman–Crippen LogP) is 2.92. The summed E-state index contributed by atoms with van der Waals surface area (Å²) < 4.78 is 49.4. The molecular formula is C15H16F3NO3. The fourth-order valence-electron chi connectivity index (χ4n) is 2.08. The van der Waals surface area contributed by atoms with Gasteiger partial charge in [0.15, 0.2) is 11.5 Å². The van der Waals surface area contributed by atoms with Crippen LogP contribution in [0.15, 0.2) is 30.9 Å². The Morgan fingerprint density at radius 3 is 2.59 bits per heavy atom. The second-order valence-electron chi connectivity index (χ2n) is 4.87. The van der Waals surface area contributed by atoms with E-state index in [1.807, 2.05) is 0 Å². The molecule has 4 nitrogen and oxygen atoms in total. The average Bonchev–Trinajstić information content (AvgIpc) is 2.50. The van der Waals surface area contributed by atoms with Gasteiger partial charge in [-0.25, -0.2) is 0 Å². The molecule has 0 unspecified atom stereocenters. The zero-order chi connectivity index (χ0) is 16.3. The number of carbonyl (C=O) groups is 1. The second-order valence-corrected chi connectivity index (χ2v) is 4.87. The fourth-order valence-corrected chi connectivity index (χ4v) is 2.08. The van der Waals surface area contributed by atoms with Gasteiger partial charge in [-0.15, -0.1) is 0 Å². The number of benzene rings is 1. The van der Waals surface area contributed by atoms with Crippen LogP contribution in [-0.2, 0) is 11.3 Å². The van der Waals surface area contributed by atoms with Gasteiger partial charge in [0, 0.05) is 6.54 Å².